The van der Waals surface area contributed by atoms with E-state index in [1.807, 2.05) is 0 Å². The first-order valence-electron chi connectivity index (χ1n) is 10.2. The second-order valence-corrected chi connectivity index (χ2v) is 8.09. The Labute approximate surface area is 151 Å². The van der Waals surface area contributed by atoms with Crippen molar-refractivity contribution in [2.24, 2.45) is 23.7 Å². The molecule has 1 aromatic rings. The van der Waals surface area contributed by atoms with Crippen LogP contribution in [0.1, 0.15) is 70.3 Å². The predicted octanol–water partition coefficient (Wildman–Crippen LogP) is 6.54. The normalized spacial score (nSPS) is 28.3. The van der Waals surface area contributed by atoms with Crippen molar-refractivity contribution in [3.8, 4) is 5.75 Å². The van der Waals surface area contributed by atoms with Gasteiger partial charge in [-0.05, 0) is 73.8 Å². The summed E-state index contributed by atoms with van der Waals surface area (Å²) in [6, 6.07) is 3.23. The quantitative estimate of drug-likeness (QED) is 0.484. The van der Waals surface area contributed by atoms with E-state index in [9.17, 15) is 8.78 Å². The molecule has 25 heavy (non-hydrogen) atoms. The fourth-order valence-electron chi connectivity index (χ4n) is 5.48. The zero-order valence-corrected chi connectivity index (χ0v) is 15.7. The van der Waals surface area contributed by atoms with Crippen molar-refractivity contribution < 1.29 is 13.5 Å². The Hall–Kier alpha value is -1.12. The highest BCUT2D eigenvalue weighted by Gasteiger charge is 2.43. The molecule has 4 atom stereocenters. The number of fused-ring (bicyclic) bond motifs is 1. The van der Waals surface area contributed by atoms with Gasteiger partial charge >= 0.3 is 0 Å². The van der Waals surface area contributed by atoms with Crippen molar-refractivity contribution >= 4 is 0 Å². The molecule has 0 amide bonds. The second-order valence-electron chi connectivity index (χ2n) is 8.09. The summed E-state index contributed by atoms with van der Waals surface area (Å²) in [6.45, 7) is 2.27. The van der Waals surface area contributed by atoms with Gasteiger partial charge in [0.2, 0.25) is 5.82 Å². The van der Waals surface area contributed by atoms with Crippen LogP contribution in [0.2, 0.25) is 0 Å². The van der Waals surface area contributed by atoms with Crippen LogP contribution < -0.4 is 4.74 Å². The number of unbranched alkanes of at least 4 members (excludes halogenated alkanes) is 2. The number of benzene rings is 1. The highest BCUT2D eigenvalue weighted by molar-refractivity contribution is 5.31. The maximum atomic E-state index is 14.2. The van der Waals surface area contributed by atoms with Crippen LogP contribution in [0.4, 0.5) is 8.78 Å². The van der Waals surface area contributed by atoms with Crippen LogP contribution in [0.25, 0.3) is 0 Å². The van der Waals surface area contributed by atoms with Gasteiger partial charge in [-0.3, -0.25) is 0 Å². The monoisotopic (exact) mass is 350 g/mol. The van der Waals surface area contributed by atoms with E-state index < -0.39 is 11.6 Å². The number of ether oxygens (including phenoxy) is 1. The number of halogens is 2. The van der Waals surface area contributed by atoms with E-state index in [0.717, 1.165) is 24.2 Å². The Morgan fingerprint density at radius 1 is 0.920 bits per heavy atom. The lowest BCUT2D eigenvalue weighted by Gasteiger charge is -2.21. The van der Waals surface area contributed by atoms with E-state index in [1.54, 1.807) is 12.1 Å². The molecule has 0 N–H and O–H groups in total. The Kier molecular flexibility index (Phi) is 6.35. The SMILES string of the molecule is CCCCCC1CCC2C(CCc3ccc(OC)c(F)c3F)CCC12. The van der Waals surface area contributed by atoms with Gasteiger partial charge in [0.15, 0.2) is 11.6 Å². The van der Waals surface area contributed by atoms with Gasteiger partial charge in [0.1, 0.15) is 0 Å². The van der Waals surface area contributed by atoms with Crippen LogP contribution in [0, 0.1) is 35.3 Å². The molecular weight excluding hydrogens is 318 g/mol. The zero-order chi connectivity index (χ0) is 17.8. The number of hydrogen-bond donors (Lipinski definition) is 0. The third-order valence-corrected chi connectivity index (χ3v) is 6.81. The van der Waals surface area contributed by atoms with Crippen molar-refractivity contribution in [1.29, 1.82) is 0 Å². The van der Waals surface area contributed by atoms with Gasteiger partial charge in [-0.25, -0.2) is 4.39 Å². The van der Waals surface area contributed by atoms with E-state index in [0.29, 0.717) is 17.9 Å². The minimum Gasteiger partial charge on any atom is -0.494 e. The van der Waals surface area contributed by atoms with Crippen molar-refractivity contribution in [3.63, 3.8) is 0 Å². The van der Waals surface area contributed by atoms with Crippen molar-refractivity contribution in [2.75, 3.05) is 7.11 Å². The topological polar surface area (TPSA) is 9.23 Å². The van der Waals surface area contributed by atoms with Crippen LogP contribution in [-0.2, 0) is 6.42 Å². The minimum atomic E-state index is -0.846. The molecule has 0 aliphatic heterocycles. The summed E-state index contributed by atoms with van der Waals surface area (Å²) >= 11 is 0. The fraction of sp³-hybridized carbons (Fsp3) is 0.727. The van der Waals surface area contributed by atoms with Crippen LogP contribution in [0.15, 0.2) is 12.1 Å². The molecule has 4 unspecified atom stereocenters. The summed E-state index contributed by atoms with van der Waals surface area (Å²) in [6.07, 6.45) is 12.4. The van der Waals surface area contributed by atoms with E-state index in [1.165, 1.54) is 58.5 Å². The molecule has 2 fully saturated rings. The molecule has 3 heteroatoms. The first-order chi connectivity index (χ1) is 12.2. The molecule has 0 saturated heterocycles. The molecule has 0 bridgehead atoms. The molecule has 1 aromatic carbocycles. The molecule has 2 saturated carbocycles. The summed E-state index contributed by atoms with van der Waals surface area (Å²) in [4.78, 5) is 0. The van der Waals surface area contributed by atoms with E-state index in [4.69, 9.17) is 4.74 Å². The summed E-state index contributed by atoms with van der Waals surface area (Å²) in [5.74, 6) is 1.78. The number of hydrogen-bond acceptors (Lipinski definition) is 1. The van der Waals surface area contributed by atoms with Crippen LogP contribution in [0.5, 0.6) is 5.75 Å². The molecule has 0 spiro atoms. The Morgan fingerprint density at radius 2 is 1.60 bits per heavy atom. The van der Waals surface area contributed by atoms with Crippen molar-refractivity contribution in [2.45, 2.75) is 71.1 Å². The molecule has 140 valence electrons. The molecular formula is C22H32F2O. The first-order valence-corrected chi connectivity index (χ1v) is 10.2. The van der Waals surface area contributed by atoms with Gasteiger partial charge in [0, 0.05) is 0 Å². The standard InChI is InChI=1S/C22H32F2O/c1-3-4-5-6-15-9-12-19-16(10-13-18(15)19)7-8-17-11-14-20(25-2)22(24)21(17)23/h11,14-16,18-19H,3-10,12-13H2,1-2H3. The zero-order valence-electron chi connectivity index (χ0n) is 15.7. The lowest BCUT2D eigenvalue weighted by Crippen LogP contribution is -2.14. The van der Waals surface area contributed by atoms with Gasteiger partial charge in [-0.15, -0.1) is 0 Å². The Balaban J connectivity index is 1.54. The molecule has 0 heterocycles. The number of aryl methyl sites for hydroxylation is 1. The molecule has 1 nitrogen and oxygen atoms in total. The minimum absolute atomic E-state index is 0.00658. The second kappa shape index (κ2) is 8.51. The Morgan fingerprint density at radius 3 is 2.24 bits per heavy atom. The van der Waals surface area contributed by atoms with Crippen molar-refractivity contribution in [1.82, 2.24) is 0 Å². The van der Waals surface area contributed by atoms with Gasteiger partial charge in [0.05, 0.1) is 7.11 Å². The predicted molar refractivity (Wildman–Crippen MR) is 97.8 cm³/mol. The maximum Gasteiger partial charge on any atom is 0.200 e. The van der Waals surface area contributed by atoms with E-state index >= 15 is 0 Å². The molecule has 0 aromatic heterocycles. The largest absolute Gasteiger partial charge is 0.494 e. The molecule has 3 rings (SSSR count). The fourth-order valence-corrected chi connectivity index (χ4v) is 5.48. The first kappa shape index (κ1) is 18.7. The summed E-state index contributed by atoms with van der Waals surface area (Å²) in [5.41, 5.74) is 0.499. The highest BCUT2D eigenvalue weighted by Crippen LogP contribution is 2.53. The summed E-state index contributed by atoms with van der Waals surface area (Å²) in [7, 11) is 1.37. The lowest BCUT2D eigenvalue weighted by atomic mass is 9.84. The van der Waals surface area contributed by atoms with Gasteiger partial charge < -0.3 is 4.74 Å². The lowest BCUT2D eigenvalue weighted by molar-refractivity contribution is 0.290. The van der Waals surface area contributed by atoms with Gasteiger partial charge in [0.25, 0.3) is 0 Å². The third-order valence-electron chi connectivity index (χ3n) is 6.81. The van der Waals surface area contributed by atoms with Crippen LogP contribution in [0.3, 0.4) is 0 Å². The molecule has 2 aliphatic carbocycles. The Bertz CT molecular complexity index is 571. The molecule has 0 radical (unpaired) electrons. The smallest absolute Gasteiger partial charge is 0.200 e. The third kappa shape index (κ3) is 4.01. The van der Waals surface area contributed by atoms with E-state index in [2.05, 4.69) is 6.92 Å². The van der Waals surface area contributed by atoms with Crippen molar-refractivity contribution in [3.05, 3.63) is 29.3 Å². The molecule has 2 aliphatic rings. The van der Waals surface area contributed by atoms with Gasteiger partial charge in [-0.1, -0.05) is 38.7 Å². The van der Waals surface area contributed by atoms with Crippen LogP contribution in [-0.4, -0.2) is 7.11 Å². The van der Waals surface area contributed by atoms with E-state index in [-0.39, 0.29) is 5.75 Å². The summed E-state index contributed by atoms with van der Waals surface area (Å²) in [5, 5.41) is 0. The average molecular weight is 350 g/mol. The highest BCUT2D eigenvalue weighted by atomic mass is 19.2. The number of methoxy groups -OCH3 is 1. The summed E-state index contributed by atoms with van der Waals surface area (Å²) < 4.78 is 32.9. The number of rotatable bonds is 8. The van der Waals surface area contributed by atoms with Gasteiger partial charge in [-0.2, -0.15) is 4.39 Å². The maximum absolute atomic E-state index is 14.2. The average Bonchev–Trinajstić information content (AvgIpc) is 3.19. The van der Waals surface area contributed by atoms with Crippen LogP contribution >= 0.6 is 0 Å².